The van der Waals surface area contributed by atoms with Gasteiger partial charge in [-0.25, -0.2) is 18.4 Å². The monoisotopic (exact) mass is 902 g/mol. The lowest BCUT2D eigenvalue weighted by Crippen LogP contribution is -2.46. The van der Waals surface area contributed by atoms with Gasteiger partial charge >= 0.3 is 0 Å². The van der Waals surface area contributed by atoms with Crippen molar-refractivity contribution in [1.29, 1.82) is 0 Å². The van der Waals surface area contributed by atoms with Gasteiger partial charge in [-0.15, -0.1) is 11.8 Å². The van der Waals surface area contributed by atoms with Crippen molar-refractivity contribution in [3.63, 3.8) is 0 Å². The molecule has 0 amide bonds. The van der Waals surface area contributed by atoms with Gasteiger partial charge in [-0.3, -0.25) is 24.6 Å². The van der Waals surface area contributed by atoms with Gasteiger partial charge in [-0.2, -0.15) is 0 Å². The average Bonchev–Trinajstić information content (AvgIpc) is 3.52. The lowest BCUT2D eigenvalue weighted by molar-refractivity contribution is -0.384. The van der Waals surface area contributed by atoms with Crippen LogP contribution >= 0.6 is 23.4 Å². The number of thioether (sulfide) groups is 1. The van der Waals surface area contributed by atoms with Crippen LogP contribution in [0, 0.1) is 10.1 Å². The first kappa shape index (κ1) is 43.0. The quantitative estimate of drug-likeness (QED) is 0.0546. The van der Waals surface area contributed by atoms with Crippen LogP contribution in [0.1, 0.15) is 44.1 Å². The van der Waals surface area contributed by atoms with E-state index in [2.05, 4.69) is 83.2 Å². The molecule has 0 spiro atoms. The largest absolute Gasteiger partial charge is 0.376 e. The summed E-state index contributed by atoms with van der Waals surface area (Å²) in [5, 5.41) is 17.2. The third kappa shape index (κ3) is 10.1. The molecule has 3 aliphatic rings. The number of piperazine rings is 1. The highest BCUT2D eigenvalue weighted by Gasteiger charge is 2.36. The Morgan fingerprint density at radius 1 is 0.841 bits per heavy atom. The molecule has 3 fully saturated rings. The Labute approximate surface area is 378 Å². The summed E-state index contributed by atoms with van der Waals surface area (Å²) in [6, 6.07) is 37.5. The topological polar surface area (TPSA) is 137 Å². The van der Waals surface area contributed by atoms with Crippen molar-refractivity contribution < 1.29 is 13.3 Å². The second kappa shape index (κ2) is 19.2. The van der Waals surface area contributed by atoms with Crippen molar-refractivity contribution in [3.05, 3.63) is 142 Å². The van der Waals surface area contributed by atoms with Crippen LogP contribution < -0.4 is 14.9 Å². The number of nitrogens with zero attached hydrogens (tertiary/aromatic N) is 6. The highest BCUT2D eigenvalue weighted by Crippen LogP contribution is 2.37. The Kier molecular flexibility index (Phi) is 13.1. The Bertz CT molecular complexity index is 2650. The number of halogens is 1. The number of nitro groups is 1. The minimum atomic E-state index is -4.27. The number of anilines is 3. The normalized spacial score (nSPS) is 18.7. The summed E-state index contributed by atoms with van der Waals surface area (Å²) < 4.78 is 30.4. The van der Waals surface area contributed by atoms with E-state index in [0.29, 0.717) is 34.4 Å². The van der Waals surface area contributed by atoms with Gasteiger partial charge in [0.2, 0.25) is 0 Å². The number of piperidine rings is 1. The van der Waals surface area contributed by atoms with E-state index in [1.165, 1.54) is 61.7 Å². The van der Waals surface area contributed by atoms with Crippen LogP contribution in [0.25, 0.3) is 22.0 Å². The summed E-state index contributed by atoms with van der Waals surface area (Å²) in [6.45, 7) is 5.12. The number of aromatic nitrogens is 2. The van der Waals surface area contributed by atoms with Crippen LogP contribution in [0.4, 0.5) is 22.9 Å². The fraction of sp³-hybridized carbons (Fsp3) is 0.333. The van der Waals surface area contributed by atoms with Crippen LogP contribution in [-0.4, -0.2) is 89.7 Å². The summed E-state index contributed by atoms with van der Waals surface area (Å²) >= 11 is 7.86. The van der Waals surface area contributed by atoms with E-state index < -0.39 is 14.9 Å². The Balaban J connectivity index is 0.868. The highest BCUT2D eigenvalue weighted by atomic mass is 35.5. The van der Waals surface area contributed by atoms with Crippen LogP contribution in [0.5, 0.6) is 0 Å². The minimum absolute atomic E-state index is 0.0831. The number of nitrogens with one attached hydrogen (secondary N) is 2. The van der Waals surface area contributed by atoms with Crippen LogP contribution in [0.3, 0.4) is 0 Å². The van der Waals surface area contributed by atoms with Gasteiger partial charge in [-0.05, 0) is 103 Å². The van der Waals surface area contributed by atoms with Gasteiger partial charge in [-0.1, -0.05) is 72.6 Å². The molecule has 3 atom stereocenters. The van der Waals surface area contributed by atoms with E-state index in [1.807, 2.05) is 48.5 Å². The Hall–Kier alpha value is -5.25. The number of hydrogen-bond acceptors (Lipinski definition) is 11. The van der Waals surface area contributed by atoms with Gasteiger partial charge in [0.15, 0.2) is 5.82 Å². The lowest BCUT2D eigenvalue weighted by Gasteiger charge is -2.36. The fourth-order valence-corrected chi connectivity index (χ4v) is 11.6. The summed E-state index contributed by atoms with van der Waals surface area (Å²) in [5.41, 5.74) is 5.17. The van der Waals surface area contributed by atoms with Crippen molar-refractivity contribution in [2.75, 3.05) is 53.4 Å². The average molecular weight is 904 g/mol. The number of rotatable bonds is 16. The number of hydrogen-bond donors (Lipinski definition) is 2. The predicted octanol–water partition coefficient (Wildman–Crippen LogP) is 9.96. The fourth-order valence-electron chi connectivity index (χ4n) is 9.46. The number of benzene rings is 5. The molecule has 6 aromatic rings. The van der Waals surface area contributed by atoms with Gasteiger partial charge < -0.3 is 10.2 Å². The molecule has 3 unspecified atom stereocenters. The number of fused-ring (bicyclic) bond motifs is 3. The lowest BCUT2D eigenvalue weighted by atomic mass is 9.99. The molecule has 15 heteroatoms. The molecule has 2 bridgehead atoms. The summed E-state index contributed by atoms with van der Waals surface area (Å²) in [4.78, 5) is 29.1. The van der Waals surface area contributed by atoms with Gasteiger partial charge in [0, 0.05) is 90.2 Å². The van der Waals surface area contributed by atoms with E-state index in [-0.39, 0.29) is 22.4 Å². The van der Waals surface area contributed by atoms with Gasteiger partial charge in [0.05, 0.1) is 15.3 Å². The standard InChI is InChI=1S/C48H51ClN8O4S2/c49-36-15-13-34(14-16-36)43-12-5-4-7-35(43)31-54-25-27-55(28-26-54)40-19-21-44-46(29-40)50-33-51-48(44)53-63(60,61)42-20-22-45(47(30-42)57(58)59)52-37(32-62-41-10-2-1-3-11-41)23-24-56-38-8-6-9-39(56)18-17-38/h1-5,7,10-16,19-22,29-30,33,37-39,52H,6,8-9,17-18,23-28,31-32H2,(H,50,51,53). The minimum Gasteiger partial charge on any atom is -0.376 e. The molecule has 0 aliphatic carbocycles. The van der Waals surface area contributed by atoms with E-state index in [4.69, 9.17) is 11.6 Å². The Morgan fingerprint density at radius 2 is 1.59 bits per heavy atom. The second-order valence-electron chi connectivity index (χ2n) is 16.7. The summed E-state index contributed by atoms with van der Waals surface area (Å²) in [6.07, 6.45) is 8.37. The molecule has 63 heavy (non-hydrogen) atoms. The zero-order chi connectivity index (χ0) is 43.3. The Morgan fingerprint density at radius 3 is 2.35 bits per heavy atom. The first-order valence-corrected chi connectivity index (χ1v) is 24.6. The second-order valence-corrected chi connectivity index (χ2v) is 19.9. The van der Waals surface area contributed by atoms with Gasteiger partial charge in [0.1, 0.15) is 12.0 Å². The smallest absolute Gasteiger partial charge is 0.293 e. The molecule has 326 valence electrons. The maximum absolute atomic E-state index is 13.9. The summed E-state index contributed by atoms with van der Waals surface area (Å²) in [5.74, 6) is 0.802. The number of sulfonamides is 1. The maximum atomic E-state index is 13.9. The molecule has 5 aromatic carbocycles. The molecular weight excluding hydrogens is 852 g/mol. The maximum Gasteiger partial charge on any atom is 0.293 e. The molecule has 0 radical (unpaired) electrons. The zero-order valence-corrected chi connectivity index (χ0v) is 37.4. The predicted molar refractivity (Wildman–Crippen MR) is 254 cm³/mol. The molecular formula is C48H51ClN8O4S2. The highest BCUT2D eigenvalue weighted by molar-refractivity contribution is 7.99. The third-order valence-corrected chi connectivity index (χ3v) is 15.5. The molecule has 0 saturated carbocycles. The van der Waals surface area contributed by atoms with Crippen LogP contribution in [-0.2, 0) is 16.6 Å². The molecule has 1 aromatic heterocycles. The number of nitro benzene ring substituents is 1. The van der Waals surface area contributed by atoms with Crippen molar-refractivity contribution in [2.45, 2.75) is 73.0 Å². The molecule has 3 saturated heterocycles. The van der Waals surface area contributed by atoms with E-state index in [1.54, 1.807) is 11.8 Å². The van der Waals surface area contributed by atoms with Crippen LogP contribution in [0.15, 0.2) is 131 Å². The van der Waals surface area contributed by atoms with E-state index >= 15 is 0 Å². The third-order valence-electron chi connectivity index (χ3n) is 12.8. The molecule has 2 N–H and O–H groups in total. The molecule has 4 heterocycles. The van der Waals surface area contributed by atoms with Crippen molar-refractivity contribution >= 4 is 67.2 Å². The first-order chi connectivity index (χ1) is 30.7. The first-order valence-electron chi connectivity index (χ1n) is 21.7. The SMILES string of the molecule is O=[N+]([O-])c1cc(S(=O)(=O)Nc2ncnc3cc(N4CCN(Cc5ccccc5-c5ccc(Cl)cc5)CC4)ccc23)ccc1NC(CCN1C2CCCC1CC2)CSc1ccccc1. The van der Waals surface area contributed by atoms with E-state index in [0.717, 1.165) is 72.9 Å². The van der Waals surface area contributed by atoms with Crippen LogP contribution in [0.2, 0.25) is 5.02 Å². The molecule has 9 rings (SSSR count). The van der Waals surface area contributed by atoms with Crippen molar-refractivity contribution in [2.24, 2.45) is 0 Å². The molecule has 12 nitrogen and oxygen atoms in total. The van der Waals surface area contributed by atoms with Crippen molar-refractivity contribution in [3.8, 4) is 11.1 Å². The van der Waals surface area contributed by atoms with Gasteiger partial charge in [0.25, 0.3) is 15.7 Å². The summed E-state index contributed by atoms with van der Waals surface area (Å²) in [7, 11) is -4.27. The molecule has 3 aliphatic heterocycles. The van der Waals surface area contributed by atoms with Crippen molar-refractivity contribution in [1.82, 2.24) is 19.8 Å². The van der Waals surface area contributed by atoms with E-state index in [9.17, 15) is 18.5 Å². The zero-order valence-electron chi connectivity index (χ0n) is 35.0.